The van der Waals surface area contributed by atoms with E-state index in [1.54, 1.807) is 16.7 Å². The molecule has 0 spiro atoms. The lowest BCUT2D eigenvalue weighted by atomic mass is 10.1. The van der Waals surface area contributed by atoms with Crippen LogP contribution in [-0.2, 0) is 11.3 Å². The third kappa shape index (κ3) is 5.24. The Morgan fingerprint density at radius 2 is 1.80 bits per heavy atom. The van der Waals surface area contributed by atoms with Crippen LogP contribution < -0.4 is 15.5 Å². The van der Waals surface area contributed by atoms with Crippen molar-refractivity contribution in [3.63, 3.8) is 0 Å². The summed E-state index contributed by atoms with van der Waals surface area (Å²) in [4.78, 5) is 37.6. The quantitative estimate of drug-likeness (QED) is 0.602. The molecule has 0 saturated heterocycles. The lowest BCUT2D eigenvalue weighted by Crippen LogP contribution is -2.28. The third-order valence-corrected chi connectivity index (χ3v) is 5.99. The fraction of sp³-hybridized carbons (Fsp3) is 0.261. The van der Waals surface area contributed by atoms with Crippen molar-refractivity contribution in [3.05, 3.63) is 86.0 Å². The Morgan fingerprint density at radius 1 is 1.07 bits per heavy atom. The van der Waals surface area contributed by atoms with Gasteiger partial charge in [0.25, 0.3) is 5.91 Å². The second-order valence-electron chi connectivity index (χ2n) is 7.15. The summed E-state index contributed by atoms with van der Waals surface area (Å²) in [5, 5.41) is 5.84. The minimum atomic E-state index is -0.229. The molecule has 156 valence electrons. The van der Waals surface area contributed by atoms with Crippen molar-refractivity contribution in [2.45, 2.75) is 39.8 Å². The molecule has 2 amide bonds. The number of aryl methyl sites for hydroxylation is 1. The highest BCUT2D eigenvalue weighted by molar-refractivity contribution is 7.09. The number of amides is 2. The highest BCUT2D eigenvalue weighted by Gasteiger charge is 2.13. The number of aromatic nitrogens is 1. The van der Waals surface area contributed by atoms with Gasteiger partial charge in [0.05, 0.1) is 6.04 Å². The average molecular weight is 424 g/mol. The molecule has 0 aliphatic rings. The Hall–Kier alpha value is -3.19. The summed E-state index contributed by atoms with van der Waals surface area (Å²) >= 11 is 1.20. The van der Waals surface area contributed by atoms with Crippen LogP contribution in [-0.4, -0.2) is 16.4 Å². The largest absolute Gasteiger partial charge is 0.350 e. The Balaban J connectivity index is 1.59. The molecule has 30 heavy (non-hydrogen) atoms. The summed E-state index contributed by atoms with van der Waals surface area (Å²) in [6.45, 7) is 6.05. The lowest BCUT2D eigenvalue weighted by molar-refractivity contribution is -0.121. The topological polar surface area (TPSA) is 80.2 Å². The SMILES string of the molecule is Cc1sc(=O)n(CCC(=O)NC(C)c2cccc(NC(=O)c3ccccc3)c2)c1C. The summed E-state index contributed by atoms with van der Waals surface area (Å²) in [6.07, 6.45) is 0.228. The molecule has 0 fully saturated rings. The number of thiazole rings is 1. The molecule has 0 aliphatic heterocycles. The van der Waals surface area contributed by atoms with E-state index in [0.29, 0.717) is 17.8 Å². The maximum atomic E-state index is 12.4. The fourth-order valence-corrected chi connectivity index (χ4v) is 3.99. The van der Waals surface area contributed by atoms with Gasteiger partial charge in [-0.3, -0.25) is 14.4 Å². The first kappa shape index (κ1) is 21.5. The molecule has 1 unspecified atom stereocenters. The minimum absolute atomic E-state index is 0.0345. The number of anilines is 1. The van der Waals surface area contributed by atoms with Crippen LogP contribution in [0.1, 0.15) is 45.9 Å². The first-order chi connectivity index (χ1) is 14.3. The molecule has 1 heterocycles. The maximum Gasteiger partial charge on any atom is 0.307 e. The van der Waals surface area contributed by atoms with Gasteiger partial charge in [-0.2, -0.15) is 0 Å². The van der Waals surface area contributed by atoms with Gasteiger partial charge in [0.1, 0.15) is 0 Å². The van der Waals surface area contributed by atoms with Crippen LogP contribution in [0.15, 0.2) is 59.4 Å². The lowest BCUT2D eigenvalue weighted by Gasteiger charge is -2.16. The van der Waals surface area contributed by atoms with Crippen molar-refractivity contribution in [1.82, 2.24) is 9.88 Å². The third-order valence-electron chi connectivity index (χ3n) is 5.00. The molecule has 3 aromatic rings. The van der Waals surface area contributed by atoms with E-state index in [1.807, 2.05) is 63.2 Å². The number of hydrogen-bond donors (Lipinski definition) is 2. The first-order valence-electron chi connectivity index (χ1n) is 9.77. The van der Waals surface area contributed by atoms with E-state index in [-0.39, 0.29) is 29.1 Å². The van der Waals surface area contributed by atoms with Crippen molar-refractivity contribution >= 4 is 28.8 Å². The molecule has 6 nitrogen and oxygen atoms in total. The van der Waals surface area contributed by atoms with Crippen LogP contribution in [0, 0.1) is 13.8 Å². The van der Waals surface area contributed by atoms with Gasteiger partial charge in [-0.15, -0.1) is 0 Å². The predicted molar refractivity (Wildman–Crippen MR) is 120 cm³/mol. The zero-order valence-electron chi connectivity index (χ0n) is 17.3. The molecule has 1 atom stereocenters. The standard InChI is InChI=1S/C23H25N3O3S/c1-15(24-21(27)12-13-26-16(2)17(3)30-23(26)29)19-10-7-11-20(14-19)25-22(28)18-8-5-4-6-9-18/h4-11,14-15H,12-13H2,1-3H3,(H,24,27)(H,25,28). The van der Waals surface area contributed by atoms with E-state index >= 15 is 0 Å². The van der Waals surface area contributed by atoms with Crippen molar-refractivity contribution in [2.75, 3.05) is 5.32 Å². The predicted octanol–water partition coefficient (Wildman–Crippen LogP) is 4.05. The molecule has 3 rings (SSSR count). The number of benzene rings is 2. The van der Waals surface area contributed by atoms with Gasteiger partial charge in [0.15, 0.2) is 0 Å². The van der Waals surface area contributed by atoms with Crippen LogP contribution in [0.25, 0.3) is 0 Å². The van der Waals surface area contributed by atoms with Crippen molar-refractivity contribution < 1.29 is 9.59 Å². The van der Waals surface area contributed by atoms with Gasteiger partial charge < -0.3 is 15.2 Å². The van der Waals surface area contributed by atoms with Crippen LogP contribution in [0.2, 0.25) is 0 Å². The summed E-state index contributed by atoms with van der Waals surface area (Å²) in [5.74, 6) is -0.312. The van der Waals surface area contributed by atoms with Crippen LogP contribution in [0.5, 0.6) is 0 Å². The number of carbonyl (C=O) groups is 2. The van der Waals surface area contributed by atoms with Gasteiger partial charge in [0.2, 0.25) is 5.91 Å². The van der Waals surface area contributed by atoms with Crippen molar-refractivity contribution in [2.24, 2.45) is 0 Å². The minimum Gasteiger partial charge on any atom is -0.350 e. The Bertz CT molecular complexity index is 1100. The number of nitrogens with zero attached hydrogens (tertiary/aromatic N) is 1. The highest BCUT2D eigenvalue weighted by atomic mass is 32.1. The zero-order chi connectivity index (χ0) is 21.7. The van der Waals surface area contributed by atoms with E-state index < -0.39 is 0 Å². The molecule has 0 radical (unpaired) electrons. The van der Waals surface area contributed by atoms with E-state index in [0.717, 1.165) is 16.1 Å². The first-order valence-corrected chi connectivity index (χ1v) is 10.6. The summed E-state index contributed by atoms with van der Waals surface area (Å²) < 4.78 is 1.64. The van der Waals surface area contributed by atoms with E-state index in [4.69, 9.17) is 0 Å². The van der Waals surface area contributed by atoms with Gasteiger partial charge in [0, 0.05) is 34.8 Å². The highest BCUT2D eigenvalue weighted by Crippen LogP contribution is 2.18. The molecular weight excluding hydrogens is 398 g/mol. The molecule has 0 saturated carbocycles. The maximum absolute atomic E-state index is 12.4. The number of nitrogens with one attached hydrogen (secondary N) is 2. The summed E-state index contributed by atoms with van der Waals surface area (Å²) in [7, 11) is 0. The Labute approximate surface area is 179 Å². The van der Waals surface area contributed by atoms with Crippen molar-refractivity contribution in [3.8, 4) is 0 Å². The van der Waals surface area contributed by atoms with Gasteiger partial charge in [-0.1, -0.05) is 41.7 Å². The molecule has 2 N–H and O–H groups in total. The summed E-state index contributed by atoms with van der Waals surface area (Å²) in [6, 6.07) is 16.2. The summed E-state index contributed by atoms with van der Waals surface area (Å²) in [5.41, 5.74) is 3.04. The smallest absolute Gasteiger partial charge is 0.307 e. The molecule has 7 heteroatoms. The van der Waals surface area contributed by atoms with Crippen molar-refractivity contribution in [1.29, 1.82) is 0 Å². The van der Waals surface area contributed by atoms with Crippen LogP contribution in [0.4, 0.5) is 5.69 Å². The Morgan fingerprint density at radius 3 is 2.47 bits per heavy atom. The van der Waals surface area contributed by atoms with Gasteiger partial charge in [-0.25, -0.2) is 0 Å². The fourth-order valence-electron chi connectivity index (χ4n) is 3.13. The second kappa shape index (κ2) is 9.54. The molecular formula is C23H25N3O3S. The van der Waals surface area contributed by atoms with E-state index in [2.05, 4.69) is 10.6 Å². The van der Waals surface area contributed by atoms with E-state index in [9.17, 15) is 14.4 Å². The monoisotopic (exact) mass is 423 g/mol. The molecule has 0 aliphatic carbocycles. The van der Waals surface area contributed by atoms with Gasteiger partial charge in [-0.05, 0) is 50.6 Å². The average Bonchev–Trinajstić information content (AvgIpc) is 2.98. The number of rotatable bonds is 7. The normalized spacial score (nSPS) is 11.7. The Kier molecular flexibility index (Phi) is 6.84. The van der Waals surface area contributed by atoms with Crippen LogP contribution in [0.3, 0.4) is 0 Å². The van der Waals surface area contributed by atoms with Gasteiger partial charge >= 0.3 is 4.87 Å². The number of carbonyl (C=O) groups excluding carboxylic acids is 2. The van der Waals surface area contributed by atoms with Crippen LogP contribution >= 0.6 is 11.3 Å². The van der Waals surface area contributed by atoms with E-state index in [1.165, 1.54) is 11.3 Å². The molecule has 1 aromatic heterocycles. The molecule has 2 aromatic carbocycles. The zero-order valence-corrected chi connectivity index (χ0v) is 18.1. The second-order valence-corrected chi connectivity index (χ2v) is 8.31. The molecule has 0 bridgehead atoms. The number of hydrogen-bond acceptors (Lipinski definition) is 4.